The highest BCUT2D eigenvalue weighted by molar-refractivity contribution is 7.89. The van der Waals surface area contributed by atoms with Gasteiger partial charge in [-0.25, -0.2) is 18.1 Å². The molecule has 0 radical (unpaired) electrons. The lowest BCUT2D eigenvalue weighted by atomic mass is 10.1. The van der Waals surface area contributed by atoms with E-state index in [0.29, 0.717) is 13.0 Å². The SMILES string of the molecule is Cc1nc(-c2ccccc2)sc1CCNS(=O)(=O)c1ccc2ccccc2c1. The molecule has 0 unspecified atom stereocenters. The molecule has 4 aromatic rings. The Labute approximate surface area is 168 Å². The van der Waals surface area contributed by atoms with E-state index >= 15 is 0 Å². The topological polar surface area (TPSA) is 59.1 Å². The zero-order valence-electron chi connectivity index (χ0n) is 15.4. The van der Waals surface area contributed by atoms with Gasteiger partial charge in [-0.15, -0.1) is 11.3 Å². The number of hydrogen-bond donors (Lipinski definition) is 1. The molecule has 0 amide bonds. The van der Waals surface area contributed by atoms with Crippen molar-refractivity contribution in [2.24, 2.45) is 0 Å². The zero-order chi connectivity index (χ0) is 19.6. The molecule has 0 bridgehead atoms. The Morgan fingerprint density at radius 3 is 2.43 bits per heavy atom. The van der Waals surface area contributed by atoms with Gasteiger partial charge in [-0.2, -0.15) is 0 Å². The summed E-state index contributed by atoms with van der Waals surface area (Å²) in [6, 6.07) is 23.0. The third kappa shape index (κ3) is 3.99. The molecular weight excluding hydrogens is 388 g/mol. The fourth-order valence-electron chi connectivity index (χ4n) is 3.08. The summed E-state index contributed by atoms with van der Waals surface area (Å²) in [4.78, 5) is 6.02. The molecule has 1 N–H and O–H groups in total. The molecule has 142 valence electrons. The van der Waals surface area contributed by atoms with Crippen molar-refractivity contribution in [3.05, 3.63) is 83.4 Å². The third-order valence-electron chi connectivity index (χ3n) is 4.59. The minimum absolute atomic E-state index is 0.289. The molecule has 28 heavy (non-hydrogen) atoms. The van der Waals surface area contributed by atoms with Crippen molar-refractivity contribution in [3.8, 4) is 10.6 Å². The first-order valence-electron chi connectivity index (χ1n) is 9.03. The molecule has 1 aromatic heterocycles. The Kier molecular flexibility index (Phi) is 5.26. The van der Waals surface area contributed by atoms with Gasteiger partial charge in [-0.3, -0.25) is 0 Å². The molecular formula is C22H20N2O2S2. The zero-order valence-corrected chi connectivity index (χ0v) is 17.1. The summed E-state index contributed by atoms with van der Waals surface area (Å²) < 4.78 is 28.0. The van der Waals surface area contributed by atoms with Crippen LogP contribution in [0.4, 0.5) is 0 Å². The normalized spacial score (nSPS) is 11.8. The highest BCUT2D eigenvalue weighted by Gasteiger charge is 2.15. The number of nitrogens with zero attached hydrogens (tertiary/aromatic N) is 1. The fourth-order valence-corrected chi connectivity index (χ4v) is 5.22. The standard InChI is InChI=1S/C22H20N2O2S2/c1-16-21(27-22(24-16)18-8-3-2-4-9-18)13-14-23-28(25,26)20-12-11-17-7-5-6-10-19(17)15-20/h2-12,15,23H,13-14H2,1H3. The molecule has 1 heterocycles. The molecule has 0 atom stereocenters. The quantitative estimate of drug-likeness (QED) is 0.499. The van der Waals surface area contributed by atoms with Crippen LogP contribution in [0.15, 0.2) is 77.7 Å². The number of sulfonamides is 1. The fraction of sp³-hybridized carbons (Fsp3) is 0.136. The predicted octanol–water partition coefficient (Wildman–Crippen LogP) is 4.79. The van der Waals surface area contributed by atoms with Crippen LogP contribution in [0.3, 0.4) is 0 Å². The maximum atomic E-state index is 12.7. The molecule has 6 heteroatoms. The van der Waals surface area contributed by atoms with E-state index in [1.165, 1.54) is 0 Å². The van der Waals surface area contributed by atoms with Crippen molar-refractivity contribution in [2.45, 2.75) is 18.2 Å². The lowest BCUT2D eigenvalue weighted by Crippen LogP contribution is -2.25. The first-order chi connectivity index (χ1) is 13.5. The van der Waals surface area contributed by atoms with Crippen LogP contribution < -0.4 is 4.72 Å². The van der Waals surface area contributed by atoms with Gasteiger partial charge in [0.25, 0.3) is 0 Å². The van der Waals surface area contributed by atoms with Crippen molar-refractivity contribution in [2.75, 3.05) is 6.54 Å². The van der Waals surface area contributed by atoms with Crippen LogP contribution in [0, 0.1) is 6.92 Å². The van der Waals surface area contributed by atoms with Crippen LogP contribution in [0.5, 0.6) is 0 Å². The van der Waals surface area contributed by atoms with Gasteiger partial charge in [0.2, 0.25) is 10.0 Å². The highest BCUT2D eigenvalue weighted by Crippen LogP contribution is 2.28. The van der Waals surface area contributed by atoms with Crippen LogP contribution in [-0.4, -0.2) is 19.9 Å². The van der Waals surface area contributed by atoms with Gasteiger partial charge < -0.3 is 0 Å². The molecule has 3 aromatic carbocycles. The van der Waals surface area contributed by atoms with E-state index in [4.69, 9.17) is 0 Å². The Balaban J connectivity index is 1.46. The molecule has 0 saturated heterocycles. The molecule has 4 rings (SSSR count). The average molecular weight is 409 g/mol. The summed E-state index contributed by atoms with van der Waals surface area (Å²) in [5, 5.41) is 2.90. The lowest BCUT2D eigenvalue weighted by molar-refractivity contribution is 0.582. The number of benzene rings is 3. The summed E-state index contributed by atoms with van der Waals surface area (Å²) in [7, 11) is -3.55. The van der Waals surface area contributed by atoms with E-state index in [-0.39, 0.29) is 4.90 Å². The Morgan fingerprint density at radius 2 is 1.64 bits per heavy atom. The van der Waals surface area contributed by atoms with Crippen molar-refractivity contribution >= 4 is 32.1 Å². The lowest BCUT2D eigenvalue weighted by Gasteiger charge is -2.07. The summed E-state index contributed by atoms with van der Waals surface area (Å²) >= 11 is 1.61. The number of hydrogen-bond acceptors (Lipinski definition) is 4. The highest BCUT2D eigenvalue weighted by atomic mass is 32.2. The van der Waals surface area contributed by atoms with E-state index in [2.05, 4.69) is 9.71 Å². The van der Waals surface area contributed by atoms with Gasteiger partial charge in [-0.05, 0) is 36.2 Å². The van der Waals surface area contributed by atoms with Gasteiger partial charge in [0.1, 0.15) is 5.01 Å². The van der Waals surface area contributed by atoms with Crippen LogP contribution in [0.1, 0.15) is 10.6 Å². The Morgan fingerprint density at radius 1 is 0.929 bits per heavy atom. The number of rotatable bonds is 6. The van der Waals surface area contributed by atoms with Crippen LogP contribution in [0.2, 0.25) is 0 Å². The second-order valence-corrected chi connectivity index (χ2v) is 9.40. The summed E-state index contributed by atoms with van der Waals surface area (Å²) in [6.45, 7) is 2.31. The van der Waals surface area contributed by atoms with Crippen LogP contribution in [0.25, 0.3) is 21.3 Å². The molecule has 0 saturated carbocycles. The van der Waals surface area contributed by atoms with E-state index in [9.17, 15) is 8.42 Å². The monoisotopic (exact) mass is 408 g/mol. The van der Waals surface area contributed by atoms with Crippen molar-refractivity contribution < 1.29 is 8.42 Å². The maximum absolute atomic E-state index is 12.7. The number of fused-ring (bicyclic) bond motifs is 1. The molecule has 0 aliphatic heterocycles. The largest absolute Gasteiger partial charge is 0.241 e. The first kappa shape index (κ1) is 18.8. The molecule has 0 aliphatic rings. The summed E-state index contributed by atoms with van der Waals surface area (Å²) in [6.07, 6.45) is 0.614. The number of aryl methyl sites for hydroxylation is 1. The predicted molar refractivity (Wildman–Crippen MR) is 115 cm³/mol. The third-order valence-corrected chi connectivity index (χ3v) is 7.31. The van der Waals surface area contributed by atoms with Gasteiger partial charge in [0, 0.05) is 17.0 Å². The second kappa shape index (κ2) is 7.83. The smallest absolute Gasteiger partial charge is 0.240 e. The number of nitrogens with one attached hydrogen (secondary N) is 1. The molecule has 0 aliphatic carbocycles. The molecule has 4 nitrogen and oxygen atoms in total. The van der Waals surface area contributed by atoms with E-state index in [0.717, 1.165) is 31.9 Å². The van der Waals surface area contributed by atoms with E-state index in [1.807, 2.05) is 67.6 Å². The first-order valence-corrected chi connectivity index (χ1v) is 11.3. The summed E-state index contributed by atoms with van der Waals surface area (Å²) in [5.41, 5.74) is 2.03. The molecule has 0 fully saturated rings. The van der Waals surface area contributed by atoms with Crippen LogP contribution in [-0.2, 0) is 16.4 Å². The minimum Gasteiger partial charge on any atom is -0.241 e. The van der Waals surface area contributed by atoms with Crippen molar-refractivity contribution in [1.82, 2.24) is 9.71 Å². The second-order valence-electron chi connectivity index (χ2n) is 6.55. The number of aromatic nitrogens is 1. The van der Waals surface area contributed by atoms with Gasteiger partial charge >= 0.3 is 0 Å². The average Bonchev–Trinajstić information content (AvgIpc) is 3.09. The van der Waals surface area contributed by atoms with Crippen LogP contribution >= 0.6 is 11.3 Å². The summed E-state index contributed by atoms with van der Waals surface area (Å²) in [5.74, 6) is 0. The maximum Gasteiger partial charge on any atom is 0.240 e. The van der Waals surface area contributed by atoms with Crippen molar-refractivity contribution in [1.29, 1.82) is 0 Å². The van der Waals surface area contributed by atoms with Crippen molar-refractivity contribution in [3.63, 3.8) is 0 Å². The number of thiazole rings is 1. The Hall–Kier alpha value is -2.54. The Bertz CT molecular complexity index is 1220. The van der Waals surface area contributed by atoms with Gasteiger partial charge in [0.05, 0.1) is 10.6 Å². The van der Waals surface area contributed by atoms with E-state index in [1.54, 1.807) is 23.5 Å². The minimum atomic E-state index is -3.55. The van der Waals surface area contributed by atoms with Gasteiger partial charge in [0.15, 0.2) is 0 Å². The molecule has 0 spiro atoms. The van der Waals surface area contributed by atoms with E-state index < -0.39 is 10.0 Å². The van der Waals surface area contributed by atoms with Gasteiger partial charge in [-0.1, -0.05) is 60.7 Å².